The number of thioether (sulfide) groups is 1. The zero-order valence-electron chi connectivity index (χ0n) is 15.3. The summed E-state index contributed by atoms with van der Waals surface area (Å²) < 4.78 is 0. The second-order valence-electron chi connectivity index (χ2n) is 6.69. The Kier molecular flexibility index (Phi) is 5.68. The molecule has 150 valence electrons. The van der Waals surface area contributed by atoms with E-state index in [1.165, 1.54) is 29.8 Å². The molecule has 3 heterocycles. The molecular weight excluding hydrogens is 386 g/mol. The molecule has 1 aromatic rings. The molecular formula is C17H21N5O5S. The molecule has 2 amide bonds. The number of carboxylic acid groups (broad SMARTS) is 1. The second kappa shape index (κ2) is 7.86. The Morgan fingerprint density at radius 3 is 2.79 bits per heavy atom. The SMILES string of the molecule is C[C@@H](O)C1C(=O)N2C(C(=O)O)=C(CSc3ccnc(NC(=O)CN)n3)[C@H](C)C12. The fourth-order valence-electron chi connectivity index (χ4n) is 3.64. The van der Waals surface area contributed by atoms with Crippen molar-refractivity contribution < 1.29 is 24.6 Å². The summed E-state index contributed by atoms with van der Waals surface area (Å²) in [5.74, 6) is -2.33. The molecule has 10 nitrogen and oxygen atoms in total. The van der Waals surface area contributed by atoms with Crippen LogP contribution in [0.1, 0.15) is 13.8 Å². The van der Waals surface area contributed by atoms with Crippen LogP contribution in [0, 0.1) is 11.8 Å². The summed E-state index contributed by atoms with van der Waals surface area (Å²) in [7, 11) is 0. The van der Waals surface area contributed by atoms with Gasteiger partial charge in [-0.05, 0) is 18.6 Å². The number of rotatable bonds is 7. The fourth-order valence-corrected chi connectivity index (χ4v) is 4.66. The summed E-state index contributed by atoms with van der Waals surface area (Å²) in [5.41, 5.74) is 5.85. The highest BCUT2D eigenvalue weighted by Gasteiger charge is 2.59. The maximum atomic E-state index is 12.3. The van der Waals surface area contributed by atoms with Gasteiger partial charge in [-0.2, -0.15) is 0 Å². The number of amides is 2. The number of anilines is 1. The number of aliphatic carboxylic acids is 1. The van der Waals surface area contributed by atoms with Gasteiger partial charge in [-0.15, -0.1) is 11.8 Å². The molecule has 0 aliphatic carbocycles. The Labute approximate surface area is 165 Å². The minimum absolute atomic E-state index is 0.0161. The number of nitrogens with zero attached hydrogens (tertiary/aromatic N) is 3. The molecule has 0 radical (unpaired) electrons. The van der Waals surface area contributed by atoms with Gasteiger partial charge in [-0.25, -0.2) is 14.8 Å². The molecule has 4 atom stereocenters. The summed E-state index contributed by atoms with van der Waals surface area (Å²) in [6.07, 6.45) is 0.639. The average molecular weight is 407 g/mol. The first kappa shape index (κ1) is 20.2. The molecule has 2 unspecified atom stereocenters. The molecule has 5 N–H and O–H groups in total. The second-order valence-corrected chi connectivity index (χ2v) is 7.69. The predicted octanol–water partition coefficient (Wildman–Crippen LogP) is -0.338. The van der Waals surface area contributed by atoms with Crippen LogP contribution in [0.25, 0.3) is 0 Å². The van der Waals surface area contributed by atoms with E-state index in [0.29, 0.717) is 16.4 Å². The van der Waals surface area contributed by atoms with Crippen molar-refractivity contribution in [2.24, 2.45) is 17.6 Å². The van der Waals surface area contributed by atoms with E-state index < -0.39 is 23.9 Å². The van der Waals surface area contributed by atoms with Gasteiger partial charge in [0.1, 0.15) is 10.7 Å². The number of fused-ring (bicyclic) bond motifs is 1. The van der Waals surface area contributed by atoms with E-state index in [1.807, 2.05) is 6.92 Å². The van der Waals surface area contributed by atoms with Gasteiger partial charge >= 0.3 is 5.97 Å². The van der Waals surface area contributed by atoms with Gasteiger partial charge < -0.3 is 20.8 Å². The highest BCUT2D eigenvalue weighted by Crippen LogP contribution is 2.48. The van der Waals surface area contributed by atoms with Crippen molar-refractivity contribution in [3.8, 4) is 0 Å². The molecule has 0 spiro atoms. The molecule has 0 saturated carbocycles. The molecule has 28 heavy (non-hydrogen) atoms. The number of hydrogen-bond acceptors (Lipinski definition) is 8. The van der Waals surface area contributed by atoms with Crippen molar-refractivity contribution in [2.75, 3.05) is 17.6 Å². The van der Waals surface area contributed by atoms with Crippen LogP contribution in [0.3, 0.4) is 0 Å². The number of aromatic nitrogens is 2. The molecule has 1 saturated heterocycles. The Morgan fingerprint density at radius 1 is 1.46 bits per heavy atom. The third-order valence-corrected chi connectivity index (χ3v) is 5.94. The lowest BCUT2D eigenvalue weighted by atomic mass is 9.78. The van der Waals surface area contributed by atoms with Crippen LogP contribution in [-0.4, -0.2) is 67.3 Å². The molecule has 2 aliphatic rings. The van der Waals surface area contributed by atoms with Crippen molar-refractivity contribution in [3.05, 3.63) is 23.5 Å². The minimum Gasteiger partial charge on any atom is -0.477 e. The summed E-state index contributed by atoms with van der Waals surface area (Å²) in [4.78, 5) is 44.9. The number of carbonyl (C=O) groups excluding carboxylic acids is 2. The van der Waals surface area contributed by atoms with Crippen LogP contribution in [0.15, 0.2) is 28.6 Å². The lowest BCUT2D eigenvalue weighted by Crippen LogP contribution is -2.63. The van der Waals surface area contributed by atoms with Gasteiger partial charge in [0, 0.05) is 17.9 Å². The highest BCUT2D eigenvalue weighted by atomic mass is 32.2. The summed E-state index contributed by atoms with van der Waals surface area (Å²) >= 11 is 1.28. The number of nitrogens with two attached hydrogens (primary N) is 1. The number of β-lactam (4-membered cyclic amide) rings is 1. The number of hydrogen-bond donors (Lipinski definition) is 4. The van der Waals surface area contributed by atoms with Crippen LogP contribution in [-0.2, 0) is 14.4 Å². The first-order chi connectivity index (χ1) is 13.3. The Balaban J connectivity index is 1.78. The van der Waals surface area contributed by atoms with E-state index in [0.717, 1.165) is 0 Å². The summed E-state index contributed by atoms with van der Waals surface area (Å²) in [6.45, 7) is 3.21. The summed E-state index contributed by atoms with van der Waals surface area (Å²) in [5, 5.41) is 22.5. The largest absolute Gasteiger partial charge is 0.477 e. The molecule has 1 fully saturated rings. The first-order valence-electron chi connectivity index (χ1n) is 8.69. The van der Waals surface area contributed by atoms with Gasteiger partial charge in [0.25, 0.3) is 0 Å². The number of aliphatic hydroxyl groups is 1. The van der Waals surface area contributed by atoms with Crippen LogP contribution in [0.5, 0.6) is 0 Å². The minimum atomic E-state index is -1.17. The van der Waals surface area contributed by atoms with Gasteiger partial charge in [0.15, 0.2) is 0 Å². The lowest BCUT2D eigenvalue weighted by Gasteiger charge is -2.46. The lowest BCUT2D eigenvalue weighted by molar-refractivity contribution is -0.163. The number of carboxylic acids is 1. The van der Waals surface area contributed by atoms with Crippen molar-refractivity contribution in [2.45, 2.75) is 31.0 Å². The third-order valence-electron chi connectivity index (χ3n) is 4.96. The smallest absolute Gasteiger partial charge is 0.352 e. The molecule has 11 heteroatoms. The van der Waals surface area contributed by atoms with Crippen LogP contribution in [0.4, 0.5) is 5.95 Å². The third kappa shape index (κ3) is 3.48. The maximum Gasteiger partial charge on any atom is 0.352 e. The quantitative estimate of drug-likeness (QED) is 0.269. The Bertz CT molecular complexity index is 858. The van der Waals surface area contributed by atoms with Crippen molar-refractivity contribution in [1.29, 1.82) is 0 Å². The number of aliphatic hydroxyl groups excluding tert-OH is 1. The molecule has 2 aliphatic heterocycles. The molecule has 0 aromatic carbocycles. The molecule has 0 bridgehead atoms. The first-order valence-corrected chi connectivity index (χ1v) is 9.68. The number of carbonyl (C=O) groups is 3. The van der Waals surface area contributed by atoms with E-state index in [1.54, 1.807) is 6.07 Å². The standard InChI is InChI=1S/C17H21N5O5S/c1-7-9(6-28-11-3-4-19-17(21-11)20-10(24)5-18)14(16(26)27)22-13(7)12(8(2)23)15(22)25/h3-4,7-8,12-13,23H,5-6,18H2,1-2H3,(H,26,27)(H,19,20,21,24)/t7-,8+,12?,13?/m0/s1. The van der Waals surface area contributed by atoms with Gasteiger partial charge in [0.05, 0.1) is 24.6 Å². The van der Waals surface area contributed by atoms with E-state index in [9.17, 15) is 24.6 Å². The summed E-state index contributed by atoms with van der Waals surface area (Å²) in [6, 6.07) is 1.29. The monoisotopic (exact) mass is 407 g/mol. The van der Waals surface area contributed by atoms with Crippen molar-refractivity contribution in [1.82, 2.24) is 14.9 Å². The van der Waals surface area contributed by atoms with Gasteiger partial charge in [-0.1, -0.05) is 6.92 Å². The van der Waals surface area contributed by atoms with Crippen LogP contribution < -0.4 is 11.1 Å². The fraction of sp³-hybridized carbons (Fsp3) is 0.471. The molecule has 3 rings (SSSR count). The van der Waals surface area contributed by atoms with Crippen molar-refractivity contribution >= 4 is 35.5 Å². The topological polar surface area (TPSA) is 159 Å². The average Bonchev–Trinajstić information content (AvgIpc) is 2.88. The van der Waals surface area contributed by atoms with E-state index in [4.69, 9.17) is 5.73 Å². The normalized spacial score (nSPS) is 24.6. The molecule has 1 aromatic heterocycles. The maximum absolute atomic E-state index is 12.3. The van der Waals surface area contributed by atoms with Crippen LogP contribution >= 0.6 is 11.8 Å². The van der Waals surface area contributed by atoms with E-state index >= 15 is 0 Å². The zero-order chi connectivity index (χ0) is 20.6. The van der Waals surface area contributed by atoms with E-state index in [2.05, 4.69) is 15.3 Å². The van der Waals surface area contributed by atoms with Crippen molar-refractivity contribution in [3.63, 3.8) is 0 Å². The predicted molar refractivity (Wildman–Crippen MR) is 100 cm³/mol. The van der Waals surface area contributed by atoms with E-state index in [-0.39, 0.29) is 36.1 Å². The van der Waals surface area contributed by atoms with Gasteiger partial charge in [-0.3, -0.25) is 14.9 Å². The Hall–Kier alpha value is -2.50. The zero-order valence-corrected chi connectivity index (χ0v) is 16.1. The number of nitrogens with one attached hydrogen (secondary N) is 1. The Morgan fingerprint density at radius 2 is 2.18 bits per heavy atom. The highest BCUT2D eigenvalue weighted by molar-refractivity contribution is 7.99. The van der Waals surface area contributed by atoms with Gasteiger partial charge in [0.2, 0.25) is 17.8 Å². The van der Waals surface area contributed by atoms with Crippen LogP contribution in [0.2, 0.25) is 0 Å².